The molecule has 0 fully saturated rings. The Balaban J connectivity index is 1.95. The fourth-order valence-electron chi connectivity index (χ4n) is 2.54. The van der Waals surface area contributed by atoms with Crippen molar-refractivity contribution in [1.82, 2.24) is 25.5 Å². The van der Waals surface area contributed by atoms with Crippen LogP contribution in [0, 0.1) is 17.2 Å². The van der Waals surface area contributed by atoms with Crippen molar-refractivity contribution >= 4 is 23.1 Å². The van der Waals surface area contributed by atoms with Gasteiger partial charge in [0.1, 0.15) is 17.3 Å². The van der Waals surface area contributed by atoms with Crippen LogP contribution in [0.25, 0.3) is 17.2 Å². The molecule has 0 saturated heterocycles. The summed E-state index contributed by atoms with van der Waals surface area (Å²) in [5, 5.41) is 25.6. The van der Waals surface area contributed by atoms with Gasteiger partial charge in [-0.25, -0.2) is 15.1 Å². The number of nitrogens with one attached hydrogen (secondary N) is 1. The lowest BCUT2D eigenvalue weighted by Crippen LogP contribution is -2.17. The summed E-state index contributed by atoms with van der Waals surface area (Å²) in [6.45, 7) is 3.99. The number of carbonyl (C=O) groups excluding carboxylic acids is 1. The third-order valence-electron chi connectivity index (χ3n) is 3.75. The first kappa shape index (κ1) is 17.3. The third-order valence-corrected chi connectivity index (χ3v) is 3.75. The van der Waals surface area contributed by atoms with Crippen molar-refractivity contribution in [2.24, 2.45) is 5.92 Å². The normalized spacial score (nSPS) is 12.6. The maximum atomic E-state index is 11.1. The highest BCUT2D eigenvalue weighted by molar-refractivity contribution is 5.90. The number of fused-ring (bicyclic) bond motifs is 1. The largest absolute Gasteiger partial charge is 0.438 e. The highest BCUT2D eigenvalue weighted by atomic mass is 16.5. The fraction of sp³-hybridized carbons (Fsp3) is 0.235. The minimum absolute atomic E-state index is 0.0952. The molecule has 1 amide bonds. The number of carbonyl (C=O) groups is 1. The van der Waals surface area contributed by atoms with Gasteiger partial charge in [-0.2, -0.15) is 5.26 Å². The van der Waals surface area contributed by atoms with Gasteiger partial charge in [0.15, 0.2) is 5.58 Å². The molecule has 9 heteroatoms. The van der Waals surface area contributed by atoms with E-state index in [9.17, 15) is 4.79 Å². The number of rotatable bonds is 5. The molecule has 2 heterocycles. The molecule has 1 unspecified atom stereocenters. The molecule has 3 aromatic rings. The second-order valence-electron chi connectivity index (χ2n) is 5.97. The predicted octanol–water partition coefficient (Wildman–Crippen LogP) is 2.05. The van der Waals surface area contributed by atoms with Gasteiger partial charge in [-0.05, 0) is 24.1 Å². The second kappa shape index (κ2) is 7.16. The van der Waals surface area contributed by atoms with Crippen LogP contribution in [0.1, 0.15) is 37.0 Å². The Kier molecular flexibility index (Phi) is 4.77. The second-order valence-corrected chi connectivity index (χ2v) is 5.97. The van der Waals surface area contributed by atoms with Gasteiger partial charge >= 0.3 is 0 Å². The molecule has 0 aliphatic rings. The van der Waals surface area contributed by atoms with Gasteiger partial charge in [-0.15, -0.1) is 5.10 Å². The van der Waals surface area contributed by atoms with E-state index in [0.717, 1.165) is 6.08 Å². The zero-order chi connectivity index (χ0) is 18.7. The van der Waals surface area contributed by atoms with E-state index in [4.69, 9.17) is 14.9 Å². The molecule has 0 bridgehead atoms. The number of oxazole rings is 1. The Morgan fingerprint density at radius 1 is 1.46 bits per heavy atom. The average molecular weight is 352 g/mol. The summed E-state index contributed by atoms with van der Waals surface area (Å²) in [7, 11) is 0. The van der Waals surface area contributed by atoms with E-state index in [2.05, 4.69) is 21.4 Å². The number of aromatic nitrogens is 4. The quantitative estimate of drug-likeness (QED) is 0.408. The van der Waals surface area contributed by atoms with Crippen LogP contribution in [0.15, 0.2) is 34.9 Å². The first-order chi connectivity index (χ1) is 12.5. The van der Waals surface area contributed by atoms with E-state index in [0.29, 0.717) is 28.2 Å². The van der Waals surface area contributed by atoms with Crippen LogP contribution in [-0.2, 0) is 4.79 Å². The summed E-state index contributed by atoms with van der Waals surface area (Å²) in [5.41, 5.74) is 3.64. The summed E-state index contributed by atoms with van der Waals surface area (Å²) >= 11 is 0. The molecule has 26 heavy (non-hydrogen) atoms. The molecule has 1 aromatic carbocycles. The lowest BCUT2D eigenvalue weighted by molar-refractivity contribution is -0.124. The zero-order valence-corrected chi connectivity index (χ0v) is 14.1. The Hall–Kier alpha value is -3.51. The van der Waals surface area contributed by atoms with Gasteiger partial charge in [0.05, 0.1) is 17.8 Å². The molecule has 0 aliphatic carbocycles. The predicted molar refractivity (Wildman–Crippen MR) is 90.7 cm³/mol. The summed E-state index contributed by atoms with van der Waals surface area (Å²) < 4.78 is 7.46. The topological polar surface area (TPSA) is 130 Å². The highest BCUT2D eigenvalue weighted by Crippen LogP contribution is 2.28. The van der Waals surface area contributed by atoms with E-state index in [1.807, 2.05) is 13.8 Å². The Morgan fingerprint density at radius 3 is 2.96 bits per heavy atom. The van der Waals surface area contributed by atoms with Crippen LogP contribution in [0.4, 0.5) is 0 Å². The van der Waals surface area contributed by atoms with Crippen LogP contribution in [0.3, 0.4) is 0 Å². The van der Waals surface area contributed by atoms with Gasteiger partial charge in [-0.3, -0.25) is 10.0 Å². The van der Waals surface area contributed by atoms with Crippen LogP contribution in [0.5, 0.6) is 0 Å². The average Bonchev–Trinajstić information content (AvgIpc) is 3.25. The summed E-state index contributed by atoms with van der Waals surface area (Å²) in [6, 6.07) is 6.83. The van der Waals surface area contributed by atoms with E-state index in [1.165, 1.54) is 11.6 Å². The minimum Gasteiger partial charge on any atom is -0.438 e. The molecule has 0 radical (unpaired) electrons. The van der Waals surface area contributed by atoms with Gasteiger partial charge in [0, 0.05) is 12.1 Å². The lowest BCUT2D eigenvalue weighted by Gasteiger charge is -2.16. The molecule has 132 valence electrons. The van der Waals surface area contributed by atoms with Crippen LogP contribution in [-0.4, -0.2) is 31.1 Å². The lowest BCUT2D eigenvalue weighted by atomic mass is 10.0. The SMILES string of the molecule is CC(C)C(c1nc2ccc(C#N)cc2o1)n1cc(C=CC(=O)NO)nn1. The monoisotopic (exact) mass is 352 g/mol. The number of nitrogens with zero attached hydrogens (tertiary/aromatic N) is 5. The number of hydroxylamine groups is 1. The number of hydrogen-bond acceptors (Lipinski definition) is 7. The van der Waals surface area contributed by atoms with Crippen LogP contribution in [0.2, 0.25) is 0 Å². The van der Waals surface area contributed by atoms with Crippen molar-refractivity contribution in [2.45, 2.75) is 19.9 Å². The maximum Gasteiger partial charge on any atom is 0.267 e. The molecule has 1 atom stereocenters. The molecule has 2 N–H and O–H groups in total. The smallest absolute Gasteiger partial charge is 0.267 e. The molecule has 3 rings (SSSR count). The van der Waals surface area contributed by atoms with Crippen molar-refractivity contribution in [3.63, 3.8) is 0 Å². The Labute approximate surface area is 148 Å². The highest BCUT2D eigenvalue weighted by Gasteiger charge is 2.25. The molecule has 0 spiro atoms. The molecule has 9 nitrogen and oxygen atoms in total. The third kappa shape index (κ3) is 3.45. The zero-order valence-electron chi connectivity index (χ0n) is 14.1. The molecule has 0 aliphatic heterocycles. The first-order valence-electron chi connectivity index (χ1n) is 7.86. The first-order valence-corrected chi connectivity index (χ1v) is 7.86. The maximum absolute atomic E-state index is 11.1. The van der Waals surface area contributed by atoms with Crippen molar-refractivity contribution < 1.29 is 14.4 Å². The fourth-order valence-corrected chi connectivity index (χ4v) is 2.54. The molecular weight excluding hydrogens is 336 g/mol. The summed E-state index contributed by atoms with van der Waals surface area (Å²) in [4.78, 5) is 15.6. The van der Waals surface area contributed by atoms with E-state index < -0.39 is 5.91 Å². The van der Waals surface area contributed by atoms with Gasteiger partial charge in [-0.1, -0.05) is 19.1 Å². The number of nitriles is 1. The van der Waals surface area contributed by atoms with E-state index in [1.54, 1.807) is 29.1 Å². The van der Waals surface area contributed by atoms with Gasteiger partial charge in [0.25, 0.3) is 5.91 Å². The van der Waals surface area contributed by atoms with E-state index in [-0.39, 0.29) is 12.0 Å². The van der Waals surface area contributed by atoms with Gasteiger partial charge < -0.3 is 4.42 Å². The van der Waals surface area contributed by atoms with E-state index >= 15 is 0 Å². The number of hydrogen-bond donors (Lipinski definition) is 2. The van der Waals surface area contributed by atoms with Crippen molar-refractivity contribution in [3.8, 4) is 6.07 Å². The standard InChI is InChI=1S/C17H16N6O3/c1-10(2)16(23-9-12(20-22-23)4-6-15(24)21-25)17-19-13-5-3-11(8-18)7-14(13)26-17/h3-7,9-10,16,25H,1-2H3,(H,21,24). The summed E-state index contributed by atoms with van der Waals surface area (Å²) in [6.07, 6.45) is 4.22. The van der Waals surface area contributed by atoms with Gasteiger partial charge in [0.2, 0.25) is 5.89 Å². The van der Waals surface area contributed by atoms with Crippen molar-refractivity contribution in [1.29, 1.82) is 5.26 Å². The number of benzene rings is 1. The molecule has 2 aromatic heterocycles. The Morgan fingerprint density at radius 2 is 2.27 bits per heavy atom. The van der Waals surface area contributed by atoms with Crippen molar-refractivity contribution in [2.75, 3.05) is 0 Å². The summed E-state index contributed by atoms with van der Waals surface area (Å²) in [5.74, 6) is -0.108. The van der Waals surface area contributed by atoms with Crippen LogP contribution < -0.4 is 5.48 Å². The molecular formula is C17H16N6O3. The Bertz CT molecular complexity index is 1010. The van der Waals surface area contributed by atoms with Crippen LogP contribution >= 0.6 is 0 Å². The number of amides is 1. The molecule has 0 saturated carbocycles. The van der Waals surface area contributed by atoms with Crippen molar-refractivity contribution in [3.05, 3.63) is 47.6 Å². The minimum atomic E-state index is -0.660.